The number of nitrogens with zero attached hydrogens (tertiary/aromatic N) is 2. The Morgan fingerprint density at radius 1 is 1.24 bits per heavy atom. The van der Waals surface area contributed by atoms with Gasteiger partial charge in [-0.25, -0.2) is 22.2 Å². The molecule has 0 spiro atoms. The van der Waals surface area contributed by atoms with Crippen molar-refractivity contribution in [1.29, 1.82) is 0 Å². The molecule has 2 aromatic rings. The Balaban J connectivity index is 2.29. The van der Waals surface area contributed by atoms with Crippen LogP contribution in [0, 0.1) is 11.6 Å². The van der Waals surface area contributed by atoms with E-state index < -0.39 is 21.7 Å². The molecule has 21 heavy (non-hydrogen) atoms. The van der Waals surface area contributed by atoms with Gasteiger partial charge >= 0.3 is 0 Å². The van der Waals surface area contributed by atoms with Gasteiger partial charge in [0.15, 0.2) is 11.6 Å². The third-order valence-electron chi connectivity index (χ3n) is 2.80. The molecule has 0 unspecified atom stereocenters. The van der Waals surface area contributed by atoms with Gasteiger partial charge in [-0.15, -0.1) is 0 Å². The average Bonchev–Trinajstić information content (AvgIpc) is 2.43. The van der Waals surface area contributed by atoms with Crippen molar-refractivity contribution in [3.8, 4) is 0 Å². The van der Waals surface area contributed by atoms with Gasteiger partial charge in [-0.1, -0.05) is 17.7 Å². The average molecular weight is 333 g/mol. The summed E-state index contributed by atoms with van der Waals surface area (Å²) < 4.78 is 51.7. The quantitative estimate of drug-likeness (QED) is 0.809. The summed E-state index contributed by atoms with van der Waals surface area (Å²) in [6.07, 6.45) is 1.37. The molecule has 0 atom stereocenters. The summed E-state index contributed by atoms with van der Waals surface area (Å²) in [7, 11) is -2.55. The predicted octanol–water partition coefficient (Wildman–Crippen LogP) is 2.83. The van der Waals surface area contributed by atoms with E-state index in [4.69, 9.17) is 11.6 Å². The number of hydrogen-bond donors (Lipinski definition) is 0. The number of benzene rings is 1. The van der Waals surface area contributed by atoms with Gasteiger partial charge < -0.3 is 0 Å². The van der Waals surface area contributed by atoms with Crippen molar-refractivity contribution in [2.24, 2.45) is 0 Å². The molecule has 1 heterocycles. The van der Waals surface area contributed by atoms with Crippen LogP contribution in [-0.2, 0) is 16.6 Å². The monoisotopic (exact) mass is 332 g/mol. The molecule has 0 amide bonds. The molecule has 0 fully saturated rings. The minimum absolute atomic E-state index is 0.120. The number of sulfonamides is 1. The van der Waals surface area contributed by atoms with E-state index in [1.54, 1.807) is 0 Å². The Morgan fingerprint density at radius 2 is 1.95 bits per heavy atom. The van der Waals surface area contributed by atoms with Crippen LogP contribution in [0.4, 0.5) is 8.78 Å². The van der Waals surface area contributed by atoms with Crippen LogP contribution in [0.2, 0.25) is 5.15 Å². The lowest BCUT2D eigenvalue weighted by atomic mass is 10.2. The van der Waals surface area contributed by atoms with Crippen molar-refractivity contribution in [3.63, 3.8) is 0 Å². The summed E-state index contributed by atoms with van der Waals surface area (Å²) in [5, 5.41) is -0.144. The van der Waals surface area contributed by atoms with Crippen LogP contribution in [0.3, 0.4) is 0 Å². The maximum absolute atomic E-state index is 13.1. The van der Waals surface area contributed by atoms with E-state index in [0.29, 0.717) is 5.56 Å². The van der Waals surface area contributed by atoms with Gasteiger partial charge in [0, 0.05) is 19.8 Å². The van der Waals surface area contributed by atoms with Crippen LogP contribution in [-0.4, -0.2) is 24.8 Å². The van der Waals surface area contributed by atoms with Crippen molar-refractivity contribution in [2.45, 2.75) is 11.4 Å². The summed E-state index contributed by atoms with van der Waals surface area (Å²) in [5.74, 6) is -2.02. The fourth-order valence-electron chi connectivity index (χ4n) is 1.71. The Morgan fingerprint density at radius 3 is 2.57 bits per heavy atom. The zero-order valence-corrected chi connectivity index (χ0v) is 12.5. The van der Waals surface area contributed by atoms with E-state index in [-0.39, 0.29) is 16.6 Å². The van der Waals surface area contributed by atoms with Gasteiger partial charge in [0.25, 0.3) is 0 Å². The Hall–Kier alpha value is -1.57. The van der Waals surface area contributed by atoms with Crippen LogP contribution in [0.1, 0.15) is 5.56 Å². The maximum Gasteiger partial charge on any atom is 0.246 e. The molecule has 8 heteroatoms. The molecule has 112 valence electrons. The first kappa shape index (κ1) is 15.8. The number of halogens is 3. The summed E-state index contributed by atoms with van der Waals surface area (Å²) in [6.45, 7) is -0.120. The zero-order chi connectivity index (χ0) is 15.6. The topological polar surface area (TPSA) is 50.3 Å². The molecule has 0 aliphatic rings. The zero-order valence-electron chi connectivity index (χ0n) is 10.9. The molecule has 0 N–H and O–H groups in total. The van der Waals surface area contributed by atoms with Crippen LogP contribution in [0.25, 0.3) is 0 Å². The summed E-state index contributed by atoms with van der Waals surface area (Å²) >= 11 is 5.78. The summed E-state index contributed by atoms with van der Waals surface area (Å²) in [6, 6.07) is 5.99. The molecule has 0 saturated heterocycles. The van der Waals surface area contributed by atoms with Gasteiger partial charge in [0.1, 0.15) is 10.0 Å². The second-order valence-electron chi connectivity index (χ2n) is 4.30. The van der Waals surface area contributed by atoms with Crippen molar-refractivity contribution >= 4 is 21.6 Å². The lowest BCUT2D eigenvalue weighted by Crippen LogP contribution is -2.27. The first-order valence-corrected chi connectivity index (χ1v) is 7.65. The maximum atomic E-state index is 13.1. The second kappa shape index (κ2) is 6.05. The molecule has 0 saturated carbocycles. The minimum atomic E-state index is -3.87. The van der Waals surface area contributed by atoms with E-state index in [0.717, 1.165) is 16.4 Å². The molecule has 0 bridgehead atoms. The number of aromatic nitrogens is 1. The van der Waals surface area contributed by atoms with Gasteiger partial charge in [-0.3, -0.25) is 0 Å². The van der Waals surface area contributed by atoms with E-state index in [1.807, 2.05) is 0 Å². The van der Waals surface area contributed by atoms with E-state index in [2.05, 4.69) is 4.98 Å². The largest absolute Gasteiger partial charge is 0.246 e. The van der Waals surface area contributed by atoms with Crippen LogP contribution < -0.4 is 0 Å². The molecule has 2 rings (SSSR count). The van der Waals surface area contributed by atoms with Crippen molar-refractivity contribution in [2.75, 3.05) is 7.05 Å². The van der Waals surface area contributed by atoms with E-state index in [9.17, 15) is 17.2 Å². The van der Waals surface area contributed by atoms with Crippen molar-refractivity contribution in [1.82, 2.24) is 9.29 Å². The SMILES string of the molecule is CN(Cc1ccc(F)c(F)c1)S(=O)(=O)c1cccnc1Cl. The van der Waals surface area contributed by atoms with Crippen LogP contribution in [0.5, 0.6) is 0 Å². The number of hydrogen-bond acceptors (Lipinski definition) is 3. The highest BCUT2D eigenvalue weighted by Crippen LogP contribution is 2.22. The second-order valence-corrected chi connectivity index (χ2v) is 6.67. The minimum Gasteiger partial charge on any atom is -0.243 e. The number of pyridine rings is 1. The van der Waals surface area contributed by atoms with Crippen molar-refractivity contribution < 1.29 is 17.2 Å². The smallest absolute Gasteiger partial charge is 0.243 e. The molecule has 0 aliphatic carbocycles. The Kier molecular flexibility index (Phi) is 4.55. The summed E-state index contributed by atoms with van der Waals surface area (Å²) in [4.78, 5) is 3.57. The first-order chi connectivity index (χ1) is 9.82. The van der Waals surface area contributed by atoms with Gasteiger partial charge in [0.05, 0.1) is 0 Å². The molecular formula is C13H11ClF2N2O2S. The first-order valence-electron chi connectivity index (χ1n) is 5.83. The fourth-order valence-corrected chi connectivity index (χ4v) is 3.29. The standard InChI is InChI=1S/C13H11ClF2N2O2S/c1-18(8-9-4-5-10(15)11(16)7-9)21(19,20)12-3-2-6-17-13(12)14/h2-7H,8H2,1H3. The molecule has 0 aliphatic heterocycles. The van der Waals surface area contributed by atoms with E-state index in [1.165, 1.54) is 31.4 Å². The molecule has 1 aromatic carbocycles. The van der Waals surface area contributed by atoms with E-state index >= 15 is 0 Å². The molecule has 4 nitrogen and oxygen atoms in total. The van der Waals surface area contributed by atoms with Crippen molar-refractivity contribution in [3.05, 3.63) is 58.9 Å². The van der Waals surface area contributed by atoms with Gasteiger partial charge in [-0.05, 0) is 29.8 Å². The lowest BCUT2D eigenvalue weighted by Gasteiger charge is -2.17. The molecule has 0 radical (unpaired) electrons. The number of rotatable bonds is 4. The Labute approximate surface area is 126 Å². The lowest BCUT2D eigenvalue weighted by molar-refractivity contribution is 0.461. The molecular weight excluding hydrogens is 322 g/mol. The molecule has 1 aromatic heterocycles. The Bertz CT molecular complexity index is 769. The normalized spacial score (nSPS) is 11.9. The van der Waals surface area contributed by atoms with Gasteiger partial charge in [-0.2, -0.15) is 4.31 Å². The highest BCUT2D eigenvalue weighted by atomic mass is 35.5. The summed E-state index contributed by atoms with van der Waals surface area (Å²) in [5.41, 5.74) is 0.319. The van der Waals surface area contributed by atoms with Crippen LogP contribution in [0.15, 0.2) is 41.4 Å². The third-order valence-corrected chi connectivity index (χ3v) is 5.05. The highest BCUT2D eigenvalue weighted by Gasteiger charge is 2.24. The predicted molar refractivity (Wildman–Crippen MR) is 74.3 cm³/mol. The van der Waals surface area contributed by atoms with Gasteiger partial charge in [0.2, 0.25) is 10.0 Å². The highest BCUT2D eigenvalue weighted by molar-refractivity contribution is 7.89. The van der Waals surface area contributed by atoms with Crippen LogP contribution >= 0.6 is 11.6 Å². The fraction of sp³-hybridized carbons (Fsp3) is 0.154. The third kappa shape index (κ3) is 3.37.